The smallest absolute Gasteiger partial charge is 0.243 e. The molecule has 0 bridgehead atoms. The van der Waals surface area contributed by atoms with Crippen molar-refractivity contribution >= 4 is 22.6 Å². The van der Waals surface area contributed by atoms with Gasteiger partial charge < -0.3 is 15.6 Å². The van der Waals surface area contributed by atoms with Crippen LogP contribution in [0.2, 0.25) is 0 Å². The molecule has 1 atom stereocenters. The molecule has 0 spiro atoms. The fraction of sp³-hybridized carbons (Fsp3) is 0.217. The first kappa shape index (κ1) is 19.4. The second kappa shape index (κ2) is 9.04. The van der Waals surface area contributed by atoms with E-state index in [1.54, 1.807) is 6.92 Å². The molecule has 5 nitrogen and oxygen atoms in total. The quantitative estimate of drug-likeness (QED) is 0.528. The van der Waals surface area contributed by atoms with E-state index in [9.17, 15) is 9.59 Å². The number of fused-ring (bicyclic) bond motifs is 1. The van der Waals surface area contributed by atoms with Gasteiger partial charge in [-0.2, -0.15) is 0 Å². The van der Waals surface area contributed by atoms with E-state index in [2.05, 4.69) is 15.6 Å². The molecule has 5 heteroatoms. The highest BCUT2D eigenvalue weighted by Gasteiger charge is 2.20. The SMILES string of the molecule is CC(=O)/C=C(\C)N[C@@H](Cc1c[nH]c2ccccc12)C(=O)NCc1ccccc1. The normalized spacial score (nSPS) is 12.6. The van der Waals surface area contributed by atoms with Crippen molar-refractivity contribution in [1.82, 2.24) is 15.6 Å². The predicted molar refractivity (Wildman–Crippen MR) is 112 cm³/mol. The van der Waals surface area contributed by atoms with Gasteiger partial charge in [-0.3, -0.25) is 9.59 Å². The van der Waals surface area contributed by atoms with Crippen LogP contribution in [-0.4, -0.2) is 22.7 Å². The molecule has 0 saturated heterocycles. The molecular weight excluding hydrogens is 350 g/mol. The van der Waals surface area contributed by atoms with E-state index in [-0.39, 0.29) is 11.7 Å². The lowest BCUT2D eigenvalue weighted by Gasteiger charge is -2.20. The molecular formula is C23H25N3O2. The van der Waals surface area contributed by atoms with E-state index < -0.39 is 6.04 Å². The number of carbonyl (C=O) groups is 2. The molecule has 1 heterocycles. The molecule has 3 rings (SSSR count). The van der Waals surface area contributed by atoms with Crippen LogP contribution in [0.15, 0.2) is 72.6 Å². The Labute approximate surface area is 164 Å². The third-order valence-electron chi connectivity index (χ3n) is 4.55. The van der Waals surface area contributed by atoms with Crippen molar-refractivity contribution < 1.29 is 9.59 Å². The van der Waals surface area contributed by atoms with Crippen LogP contribution in [0.25, 0.3) is 10.9 Å². The Balaban J connectivity index is 1.77. The summed E-state index contributed by atoms with van der Waals surface area (Å²) in [7, 11) is 0. The maximum atomic E-state index is 12.9. The second-order valence-corrected chi connectivity index (χ2v) is 6.90. The van der Waals surface area contributed by atoms with Gasteiger partial charge >= 0.3 is 0 Å². The van der Waals surface area contributed by atoms with E-state index >= 15 is 0 Å². The van der Waals surface area contributed by atoms with Crippen LogP contribution in [0, 0.1) is 0 Å². The molecule has 0 aliphatic heterocycles. The number of ketones is 1. The van der Waals surface area contributed by atoms with Crippen LogP contribution >= 0.6 is 0 Å². The van der Waals surface area contributed by atoms with Crippen molar-refractivity contribution in [2.45, 2.75) is 32.9 Å². The number of aromatic nitrogens is 1. The number of carbonyl (C=O) groups excluding carboxylic acids is 2. The summed E-state index contributed by atoms with van der Waals surface area (Å²) < 4.78 is 0. The van der Waals surface area contributed by atoms with Gasteiger partial charge in [0.25, 0.3) is 0 Å². The molecule has 0 aliphatic rings. The number of aromatic amines is 1. The number of rotatable bonds is 8. The lowest BCUT2D eigenvalue weighted by atomic mass is 10.0. The first-order chi connectivity index (χ1) is 13.5. The summed E-state index contributed by atoms with van der Waals surface area (Å²) in [6.07, 6.45) is 3.95. The fourth-order valence-corrected chi connectivity index (χ4v) is 3.26. The number of para-hydroxylation sites is 1. The summed E-state index contributed by atoms with van der Waals surface area (Å²) in [5, 5.41) is 7.29. The van der Waals surface area contributed by atoms with Gasteiger partial charge in [0.15, 0.2) is 5.78 Å². The summed E-state index contributed by atoms with van der Waals surface area (Å²) in [4.78, 5) is 27.5. The minimum Gasteiger partial charge on any atom is -0.377 e. The number of nitrogens with one attached hydrogen (secondary N) is 3. The van der Waals surface area contributed by atoms with Crippen LogP contribution in [0.3, 0.4) is 0 Å². The number of amides is 1. The summed E-state index contributed by atoms with van der Waals surface area (Å²) >= 11 is 0. The summed E-state index contributed by atoms with van der Waals surface area (Å²) in [5.41, 5.74) is 3.81. The van der Waals surface area contributed by atoms with Crippen LogP contribution in [0.5, 0.6) is 0 Å². The van der Waals surface area contributed by atoms with Gasteiger partial charge in [0.1, 0.15) is 6.04 Å². The summed E-state index contributed by atoms with van der Waals surface area (Å²) in [6, 6.07) is 17.3. The van der Waals surface area contributed by atoms with Crippen LogP contribution in [-0.2, 0) is 22.6 Å². The number of hydrogen-bond donors (Lipinski definition) is 3. The Bertz CT molecular complexity index is 989. The van der Waals surface area contributed by atoms with E-state index in [0.717, 1.165) is 22.0 Å². The molecule has 2 aromatic carbocycles. The van der Waals surface area contributed by atoms with Crippen LogP contribution in [0.1, 0.15) is 25.0 Å². The Morgan fingerprint density at radius 1 is 1.04 bits per heavy atom. The van der Waals surface area contributed by atoms with E-state index in [0.29, 0.717) is 18.7 Å². The Hall–Kier alpha value is -3.34. The van der Waals surface area contributed by atoms with Gasteiger partial charge in [-0.15, -0.1) is 0 Å². The van der Waals surface area contributed by atoms with Gasteiger partial charge in [0, 0.05) is 35.8 Å². The average Bonchev–Trinajstić information content (AvgIpc) is 3.09. The lowest BCUT2D eigenvalue weighted by molar-refractivity contribution is -0.123. The highest BCUT2D eigenvalue weighted by molar-refractivity contribution is 5.88. The van der Waals surface area contributed by atoms with Crippen LogP contribution in [0.4, 0.5) is 0 Å². The monoisotopic (exact) mass is 375 g/mol. The number of allylic oxidation sites excluding steroid dienone is 2. The summed E-state index contributed by atoms with van der Waals surface area (Å²) in [6.45, 7) is 3.75. The molecule has 144 valence electrons. The van der Waals surface area contributed by atoms with Gasteiger partial charge in [-0.05, 0) is 37.1 Å². The number of hydrogen-bond acceptors (Lipinski definition) is 3. The largest absolute Gasteiger partial charge is 0.377 e. The van der Waals surface area contributed by atoms with Gasteiger partial charge in [0.2, 0.25) is 5.91 Å². The minimum absolute atomic E-state index is 0.0551. The molecule has 3 aromatic rings. The standard InChI is InChI=1S/C23H25N3O2/c1-16(12-17(2)27)26-22(23(28)25-14-18-8-4-3-5-9-18)13-19-15-24-21-11-7-6-10-20(19)21/h3-12,15,22,24,26H,13-14H2,1-2H3,(H,25,28)/b16-12+/t22-/m0/s1. The van der Waals surface area contributed by atoms with Crippen molar-refractivity contribution in [2.75, 3.05) is 0 Å². The number of benzene rings is 2. The molecule has 0 unspecified atom stereocenters. The van der Waals surface area contributed by atoms with Gasteiger partial charge in [0.05, 0.1) is 0 Å². The van der Waals surface area contributed by atoms with Crippen molar-refractivity contribution in [3.05, 3.63) is 83.7 Å². The van der Waals surface area contributed by atoms with E-state index in [1.165, 1.54) is 13.0 Å². The zero-order valence-corrected chi connectivity index (χ0v) is 16.2. The molecule has 0 aliphatic carbocycles. The Morgan fingerprint density at radius 2 is 1.75 bits per heavy atom. The van der Waals surface area contributed by atoms with Gasteiger partial charge in [-0.1, -0.05) is 48.5 Å². The topological polar surface area (TPSA) is 74.0 Å². The van der Waals surface area contributed by atoms with Crippen molar-refractivity contribution in [3.8, 4) is 0 Å². The zero-order valence-electron chi connectivity index (χ0n) is 16.2. The first-order valence-electron chi connectivity index (χ1n) is 9.35. The summed E-state index contributed by atoms with van der Waals surface area (Å²) in [5.74, 6) is -0.161. The molecule has 0 radical (unpaired) electrons. The van der Waals surface area contributed by atoms with Crippen LogP contribution < -0.4 is 10.6 Å². The fourth-order valence-electron chi connectivity index (χ4n) is 3.26. The maximum absolute atomic E-state index is 12.9. The highest BCUT2D eigenvalue weighted by Crippen LogP contribution is 2.19. The predicted octanol–water partition coefficient (Wildman–Crippen LogP) is 3.48. The molecule has 28 heavy (non-hydrogen) atoms. The highest BCUT2D eigenvalue weighted by atomic mass is 16.2. The Morgan fingerprint density at radius 3 is 2.50 bits per heavy atom. The molecule has 1 aromatic heterocycles. The Kier molecular flexibility index (Phi) is 6.27. The van der Waals surface area contributed by atoms with Crippen molar-refractivity contribution in [2.24, 2.45) is 0 Å². The molecule has 3 N–H and O–H groups in total. The second-order valence-electron chi connectivity index (χ2n) is 6.90. The minimum atomic E-state index is -0.487. The van der Waals surface area contributed by atoms with Gasteiger partial charge in [-0.25, -0.2) is 0 Å². The first-order valence-corrected chi connectivity index (χ1v) is 9.35. The molecule has 0 saturated carbocycles. The third kappa shape index (κ3) is 5.10. The number of H-pyrrole nitrogens is 1. The lowest BCUT2D eigenvalue weighted by Crippen LogP contribution is -2.44. The molecule has 0 fully saturated rings. The zero-order chi connectivity index (χ0) is 19.9. The van der Waals surface area contributed by atoms with E-state index in [1.807, 2.05) is 60.8 Å². The average molecular weight is 375 g/mol. The van der Waals surface area contributed by atoms with E-state index in [4.69, 9.17) is 0 Å². The maximum Gasteiger partial charge on any atom is 0.243 e. The van der Waals surface area contributed by atoms with Crippen molar-refractivity contribution in [3.63, 3.8) is 0 Å². The molecule has 1 amide bonds. The van der Waals surface area contributed by atoms with Crippen molar-refractivity contribution in [1.29, 1.82) is 0 Å². The third-order valence-corrected chi connectivity index (χ3v) is 4.55.